The van der Waals surface area contributed by atoms with Gasteiger partial charge >= 0.3 is 0 Å². The van der Waals surface area contributed by atoms with Crippen molar-refractivity contribution in [2.45, 2.75) is 26.0 Å². The van der Waals surface area contributed by atoms with Gasteiger partial charge in [-0.05, 0) is 19.9 Å². The molecule has 0 aliphatic carbocycles. The van der Waals surface area contributed by atoms with Crippen LogP contribution in [0, 0.1) is 0 Å². The highest BCUT2D eigenvalue weighted by molar-refractivity contribution is 8.93. The lowest BCUT2D eigenvalue weighted by atomic mass is 10.1. The monoisotopic (exact) mass is 370 g/mol. The first-order valence-electron chi connectivity index (χ1n) is 6.29. The number of pyridine rings is 1. The second-order valence-corrected chi connectivity index (χ2v) is 5.84. The summed E-state index contributed by atoms with van der Waals surface area (Å²) in [5.41, 5.74) is 7.22. The number of nitrogens with two attached hydrogens (primary N) is 1. The molecule has 5 nitrogen and oxygen atoms in total. The third kappa shape index (κ3) is 2.84. The fraction of sp³-hybridized carbons (Fsp3) is 0.286. The van der Waals surface area contributed by atoms with Crippen molar-refractivity contribution in [3.05, 3.63) is 29.4 Å². The lowest BCUT2D eigenvalue weighted by Gasteiger charge is -2.19. The molecular weight excluding hydrogens is 356 g/mol. The first-order chi connectivity index (χ1) is 9.37. The van der Waals surface area contributed by atoms with E-state index in [0.717, 1.165) is 16.4 Å². The molecule has 21 heavy (non-hydrogen) atoms. The average Bonchev–Trinajstić information content (AvgIpc) is 2.66. The topological polar surface area (TPSA) is 77.0 Å². The van der Waals surface area contributed by atoms with Gasteiger partial charge in [-0.25, -0.2) is 9.97 Å². The maximum absolute atomic E-state index is 10.1. The molecule has 0 saturated carbocycles. The average molecular weight is 372 g/mol. The second kappa shape index (κ2) is 5.44. The van der Waals surface area contributed by atoms with E-state index < -0.39 is 5.60 Å². The number of rotatable bonds is 2. The molecule has 0 bridgehead atoms. The highest BCUT2D eigenvalue weighted by atomic mass is 79.9. The van der Waals surface area contributed by atoms with Gasteiger partial charge in [0.1, 0.15) is 5.52 Å². The van der Waals surface area contributed by atoms with E-state index in [9.17, 15) is 5.11 Å². The van der Waals surface area contributed by atoms with Crippen LogP contribution in [0.1, 0.15) is 13.8 Å². The molecule has 0 atom stereocenters. The van der Waals surface area contributed by atoms with Crippen molar-refractivity contribution in [1.29, 1.82) is 0 Å². The van der Waals surface area contributed by atoms with Gasteiger partial charge in [-0.15, -0.1) is 17.0 Å². The van der Waals surface area contributed by atoms with Crippen LogP contribution >= 0.6 is 28.6 Å². The van der Waals surface area contributed by atoms with E-state index >= 15 is 0 Å². The molecule has 0 fully saturated rings. The standard InChI is InChI=1S/C14H15ClN4O.BrH/c1-14(2,20)7-19-11-8-5-3-4-6-9(8)17-12(15)10(11)18-13(19)16;/h3-6,20H,7H2,1-2H3,(H2,16,18);1H. The summed E-state index contributed by atoms with van der Waals surface area (Å²) in [5, 5.41) is 11.3. The molecule has 3 rings (SSSR count). The van der Waals surface area contributed by atoms with Crippen LogP contribution in [0.4, 0.5) is 5.95 Å². The van der Waals surface area contributed by atoms with Crippen molar-refractivity contribution in [3.63, 3.8) is 0 Å². The van der Waals surface area contributed by atoms with E-state index in [1.807, 2.05) is 24.3 Å². The summed E-state index contributed by atoms with van der Waals surface area (Å²) >= 11 is 6.19. The number of para-hydroxylation sites is 1. The van der Waals surface area contributed by atoms with E-state index in [2.05, 4.69) is 9.97 Å². The largest absolute Gasteiger partial charge is 0.389 e. The summed E-state index contributed by atoms with van der Waals surface area (Å²) in [7, 11) is 0. The van der Waals surface area contributed by atoms with Crippen LogP contribution in [-0.4, -0.2) is 25.2 Å². The van der Waals surface area contributed by atoms with Gasteiger partial charge in [-0.1, -0.05) is 29.8 Å². The highest BCUT2D eigenvalue weighted by Crippen LogP contribution is 2.31. The van der Waals surface area contributed by atoms with E-state index in [4.69, 9.17) is 17.3 Å². The molecule has 3 N–H and O–H groups in total. The molecular formula is C14H16BrClN4O. The predicted molar refractivity (Wildman–Crippen MR) is 91.1 cm³/mol. The van der Waals surface area contributed by atoms with E-state index in [1.54, 1.807) is 18.4 Å². The van der Waals surface area contributed by atoms with Crippen LogP contribution in [0.2, 0.25) is 5.15 Å². The summed E-state index contributed by atoms with van der Waals surface area (Å²) < 4.78 is 1.78. The van der Waals surface area contributed by atoms with Gasteiger partial charge in [0.2, 0.25) is 5.95 Å². The minimum atomic E-state index is -0.904. The fourth-order valence-corrected chi connectivity index (χ4v) is 2.59. The van der Waals surface area contributed by atoms with Crippen molar-refractivity contribution < 1.29 is 5.11 Å². The molecule has 0 aliphatic heterocycles. The van der Waals surface area contributed by atoms with Gasteiger partial charge in [0, 0.05) is 5.39 Å². The van der Waals surface area contributed by atoms with Crippen LogP contribution in [0.15, 0.2) is 24.3 Å². The number of nitrogen functional groups attached to an aromatic ring is 1. The van der Waals surface area contributed by atoms with Crippen LogP contribution in [0.25, 0.3) is 21.9 Å². The molecule has 0 unspecified atom stereocenters. The SMILES string of the molecule is Br.CC(C)(O)Cn1c(N)nc2c(Cl)nc3ccccc3c21. The van der Waals surface area contributed by atoms with Gasteiger partial charge in [0.25, 0.3) is 0 Å². The van der Waals surface area contributed by atoms with Crippen LogP contribution in [0.3, 0.4) is 0 Å². The zero-order chi connectivity index (χ0) is 14.5. The van der Waals surface area contributed by atoms with Crippen LogP contribution in [-0.2, 0) is 6.54 Å². The number of aliphatic hydroxyl groups is 1. The Kier molecular flexibility index (Phi) is 4.15. The van der Waals surface area contributed by atoms with Crippen LogP contribution < -0.4 is 5.73 Å². The fourth-order valence-electron chi connectivity index (χ4n) is 2.36. The van der Waals surface area contributed by atoms with Crippen molar-refractivity contribution in [1.82, 2.24) is 14.5 Å². The quantitative estimate of drug-likeness (QED) is 0.678. The maximum Gasteiger partial charge on any atom is 0.201 e. The normalized spacial score (nSPS) is 11.8. The first kappa shape index (κ1) is 16.0. The van der Waals surface area contributed by atoms with Crippen molar-refractivity contribution >= 4 is 56.5 Å². The molecule has 1 aromatic carbocycles. The molecule has 0 spiro atoms. The molecule has 0 radical (unpaired) electrons. The molecule has 3 aromatic rings. The second-order valence-electron chi connectivity index (χ2n) is 5.49. The minimum Gasteiger partial charge on any atom is -0.389 e. The van der Waals surface area contributed by atoms with Crippen molar-refractivity contribution in [2.24, 2.45) is 0 Å². The lowest BCUT2D eigenvalue weighted by Crippen LogP contribution is -2.26. The van der Waals surface area contributed by atoms with E-state index in [1.165, 1.54) is 0 Å². The maximum atomic E-state index is 10.1. The summed E-state index contributed by atoms with van der Waals surface area (Å²) in [5.74, 6) is 0.321. The Labute approximate surface area is 137 Å². The number of hydrogen-bond donors (Lipinski definition) is 2. The number of halogens is 2. The Bertz CT molecular complexity index is 810. The first-order valence-corrected chi connectivity index (χ1v) is 6.67. The van der Waals surface area contributed by atoms with Gasteiger partial charge in [-0.3, -0.25) is 0 Å². The number of hydrogen-bond acceptors (Lipinski definition) is 4. The Morgan fingerprint density at radius 3 is 2.62 bits per heavy atom. The number of benzene rings is 1. The number of anilines is 1. The summed E-state index contributed by atoms with van der Waals surface area (Å²) in [6.07, 6.45) is 0. The van der Waals surface area contributed by atoms with Crippen molar-refractivity contribution in [2.75, 3.05) is 5.73 Å². The summed E-state index contributed by atoms with van der Waals surface area (Å²) in [6.45, 7) is 3.78. The zero-order valence-electron chi connectivity index (χ0n) is 11.7. The molecule has 0 amide bonds. The number of imidazole rings is 1. The third-order valence-electron chi connectivity index (χ3n) is 3.12. The molecule has 7 heteroatoms. The predicted octanol–water partition coefficient (Wildman–Crippen LogP) is 3.17. The number of fused-ring (bicyclic) bond motifs is 3. The highest BCUT2D eigenvalue weighted by Gasteiger charge is 2.21. The third-order valence-corrected chi connectivity index (χ3v) is 3.38. The molecule has 0 aliphatic rings. The summed E-state index contributed by atoms with van der Waals surface area (Å²) in [4.78, 5) is 8.61. The van der Waals surface area contributed by atoms with Gasteiger partial charge < -0.3 is 15.4 Å². The van der Waals surface area contributed by atoms with E-state index in [-0.39, 0.29) is 17.0 Å². The Balaban J connectivity index is 0.00000161. The zero-order valence-corrected chi connectivity index (χ0v) is 14.1. The van der Waals surface area contributed by atoms with E-state index in [0.29, 0.717) is 23.2 Å². The molecule has 2 aromatic heterocycles. The Morgan fingerprint density at radius 1 is 1.29 bits per heavy atom. The molecule has 2 heterocycles. The number of aromatic nitrogens is 3. The summed E-state index contributed by atoms with van der Waals surface area (Å²) in [6, 6.07) is 7.66. The van der Waals surface area contributed by atoms with Gasteiger partial charge in [0.15, 0.2) is 5.15 Å². The Hall–Kier alpha value is -1.37. The number of nitrogens with zero attached hydrogens (tertiary/aromatic N) is 3. The van der Waals surface area contributed by atoms with Crippen LogP contribution in [0.5, 0.6) is 0 Å². The Morgan fingerprint density at radius 2 is 1.95 bits per heavy atom. The molecule has 112 valence electrons. The lowest BCUT2D eigenvalue weighted by molar-refractivity contribution is 0.0633. The van der Waals surface area contributed by atoms with Gasteiger partial charge in [-0.2, -0.15) is 0 Å². The van der Waals surface area contributed by atoms with Gasteiger partial charge in [0.05, 0.1) is 23.2 Å². The smallest absolute Gasteiger partial charge is 0.201 e. The van der Waals surface area contributed by atoms with Crippen molar-refractivity contribution in [3.8, 4) is 0 Å². The molecule has 0 saturated heterocycles. The minimum absolute atomic E-state index is 0.